The van der Waals surface area contributed by atoms with E-state index in [9.17, 15) is 4.79 Å². The van der Waals surface area contributed by atoms with E-state index in [0.29, 0.717) is 10.9 Å². The van der Waals surface area contributed by atoms with Gasteiger partial charge in [0.1, 0.15) is 9.88 Å². The second-order valence-electron chi connectivity index (χ2n) is 6.09. The molecule has 0 saturated carbocycles. The maximum absolute atomic E-state index is 12.1. The molecule has 0 bridgehead atoms. The average molecular weight is 398 g/mol. The molecule has 1 unspecified atom stereocenters. The predicted octanol–water partition coefficient (Wildman–Crippen LogP) is 5.01. The van der Waals surface area contributed by atoms with Gasteiger partial charge in [-0.05, 0) is 19.1 Å². The first-order valence-corrected chi connectivity index (χ1v) is 9.56. The van der Waals surface area contributed by atoms with Crippen molar-refractivity contribution in [1.82, 2.24) is 9.99 Å². The second-order valence-corrected chi connectivity index (χ2v) is 7.53. The zero-order valence-electron chi connectivity index (χ0n) is 14.7. The van der Waals surface area contributed by atoms with Crippen LogP contribution in [0.4, 0.5) is 0 Å². The molecule has 1 amide bonds. The topological polar surface area (TPSA) is 54.8 Å². The van der Waals surface area contributed by atoms with E-state index in [0.717, 1.165) is 26.7 Å². The highest BCUT2D eigenvalue weighted by atomic mass is 35.5. The summed E-state index contributed by atoms with van der Waals surface area (Å²) < 4.78 is 6.06. The van der Waals surface area contributed by atoms with E-state index < -0.39 is 6.23 Å². The van der Waals surface area contributed by atoms with Gasteiger partial charge in [-0.3, -0.25) is 4.79 Å². The number of thiazole rings is 1. The number of halogens is 1. The number of carbonyl (C=O) groups excluding carboxylic acids is 1. The number of hydrazone groups is 1. The van der Waals surface area contributed by atoms with Crippen LogP contribution in [0.5, 0.6) is 0 Å². The molecule has 136 valence electrons. The highest BCUT2D eigenvalue weighted by Gasteiger charge is 2.34. The molecular formula is C20H16ClN3O2S. The molecule has 1 aliphatic rings. The van der Waals surface area contributed by atoms with Crippen LogP contribution < -0.4 is 0 Å². The molecule has 0 N–H and O–H groups in total. The fraction of sp³-hybridized carbons (Fsp3) is 0.150. The van der Waals surface area contributed by atoms with Crippen LogP contribution in [0, 0.1) is 6.92 Å². The van der Waals surface area contributed by atoms with Crippen molar-refractivity contribution >= 4 is 34.7 Å². The average Bonchev–Trinajstić information content (AvgIpc) is 3.26. The molecule has 1 aliphatic heterocycles. The maximum atomic E-state index is 12.1. The molecule has 2 heterocycles. The number of benzene rings is 2. The summed E-state index contributed by atoms with van der Waals surface area (Å²) >= 11 is 7.59. The second kappa shape index (κ2) is 7.13. The number of aromatic nitrogens is 1. The minimum atomic E-state index is -0.641. The van der Waals surface area contributed by atoms with E-state index in [4.69, 9.17) is 16.3 Å². The van der Waals surface area contributed by atoms with Crippen molar-refractivity contribution in [2.75, 3.05) is 0 Å². The van der Waals surface area contributed by atoms with Gasteiger partial charge in [-0.25, -0.2) is 4.98 Å². The molecule has 5 nitrogen and oxygen atoms in total. The number of aryl methyl sites for hydroxylation is 1. The SMILES string of the molecule is CC(=O)N1N=C(c2sc(-c3ccccc3)nc2C)OC1c1cccc(Cl)c1. The van der Waals surface area contributed by atoms with Crippen LogP contribution in [0.15, 0.2) is 59.7 Å². The van der Waals surface area contributed by atoms with Gasteiger partial charge in [0.2, 0.25) is 12.1 Å². The van der Waals surface area contributed by atoms with Crippen molar-refractivity contribution < 1.29 is 9.53 Å². The lowest BCUT2D eigenvalue weighted by Crippen LogP contribution is -2.25. The van der Waals surface area contributed by atoms with Crippen LogP contribution in [0.1, 0.15) is 29.3 Å². The van der Waals surface area contributed by atoms with E-state index >= 15 is 0 Å². The van der Waals surface area contributed by atoms with Crippen LogP contribution in [0.25, 0.3) is 10.6 Å². The summed E-state index contributed by atoms with van der Waals surface area (Å²) in [7, 11) is 0. The van der Waals surface area contributed by atoms with Gasteiger partial charge in [-0.1, -0.05) is 54.1 Å². The highest BCUT2D eigenvalue weighted by Crippen LogP contribution is 2.35. The van der Waals surface area contributed by atoms with Gasteiger partial charge in [0.25, 0.3) is 5.90 Å². The van der Waals surface area contributed by atoms with Gasteiger partial charge in [0.15, 0.2) is 0 Å². The third kappa shape index (κ3) is 3.46. The molecule has 27 heavy (non-hydrogen) atoms. The molecule has 0 aliphatic carbocycles. The van der Waals surface area contributed by atoms with Gasteiger partial charge in [-0.2, -0.15) is 5.01 Å². The fourth-order valence-corrected chi connectivity index (χ4v) is 4.03. The molecule has 7 heteroatoms. The van der Waals surface area contributed by atoms with Crippen LogP contribution in [0.2, 0.25) is 5.02 Å². The van der Waals surface area contributed by atoms with E-state index in [1.165, 1.54) is 23.3 Å². The lowest BCUT2D eigenvalue weighted by atomic mass is 10.2. The van der Waals surface area contributed by atoms with Crippen molar-refractivity contribution in [2.45, 2.75) is 20.1 Å². The summed E-state index contributed by atoms with van der Waals surface area (Å²) in [6.45, 7) is 3.37. The lowest BCUT2D eigenvalue weighted by molar-refractivity contribution is -0.135. The molecule has 0 spiro atoms. The Hall–Kier alpha value is -2.70. The largest absolute Gasteiger partial charge is 0.445 e. The van der Waals surface area contributed by atoms with E-state index in [2.05, 4.69) is 10.1 Å². The third-order valence-corrected chi connectivity index (χ3v) is 5.54. The lowest BCUT2D eigenvalue weighted by Gasteiger charge is -2.19. The monoisotopic (exact) mass is 397 g/mol. The Labute approximate surface area is 165 Å². The number of hydrogen-bond acceptors (Lipinski definition) is 5. The molecular weight excluding hydrogens is 382 g/mol. The molecule has 3 aromatic rings. The smallest absolute Gasteiger partial charge is 0.253 e. The van der Waals surface area contributed by atoms with Gasteiger partial charge in [0, 0.05) is 23.1 Å². The first-order chi connectivity index (χ1) is 13.0. The third-order valence-electron chi connectivity index (χ3n) is 4.11. The van der Waals surface area contributed by atoms with Crippen LogP contribution in [-0.2, 0) is 9.53 Å². The van der Waals surface area contributed by atoms with E-state index in [1.54, 1.807) is 12.1 Å². The summed E-state index contributed by atoms with van der Waals surface area (Å²) in [5.74, 6) is 0.188. The summed E-state index contributed by atoms with van der Waals surface area (Å²) in [6, 6.07) is 17.2. The molecule has 0 radical (unpaired) electrons. The highest BCUT2D eigenvalue weighted by molar-refractivity contribution is 7.17. The zero-order valence-corrected chi connectivity index (χ0v) is 16.3. The first-order valence-electron chi connectivity index (χ1n) is 8.36. The first kappa shape index (κ1) is 17.7. The molecule has 0 saturated heterocycles. The Morgan fingerprint density at radius 3 is 2.67 bits per heavy atom. The summed E-state index contributed by atoms with van der Waals surface area (Å²) in [5.41, 5.74) is 2.61. The Morgan fingerprint density at radius 1 is 1.19 bits per heavy atom. The molecule has 2 aromatic carbocycles. The van der Waals surface area contributed by atoms with Gasteiger partial charge in [0.05, 0.1) is 5.69 Å². The van der Waals surface area contributed by atoms with Crippen molar-refractivity contribution in [3.63, 3.8) is 0 Å². The van der Waals surface area contributed by atoms with Crippen LogP contribution in [0.3, 0.4) is 0 Å². The van der Waals surface area contributed by atoms with Gasteiger partial charge in [-0.15, -0.1) is 16.4 Å². The Balaban J connectivity index is 1.69. The fourth-order valence-electron chi connectivity index (χ4n) is 2.83. The summed E-state index contributed by atoms with van der Waals surface area (Å²) in [4.78, 5) is 17.5. The van der Waals surface area contributed by atoms with Crippen LogP contribution in [-0.4, -0.2) is 21.8 Å². The summed E-state index contributed by atoms with van der Waals surface area (Å²) in [5, 5.41) is 7.22. The molecule has 4 rings (SSSR count). The predicted molar refractivity (Wildman–Crippen MR) is 107 cm³/mol. The van der Waals surface area contributed by atoms with Crippen molar-refractivity contribution in [1.29, 1.82) is 0 Å². The standard InChI is InChI=1S/C20H16ClN3O2S/c1-12-17(27-19(22-12)14-7-4-3-5-8-14)18-23-24(13(2)25)20(26-18)15-9-6-10-16(21)11-15/h3-11,20H,1-2H3. The normalized spacial score (nSPS) is 16.2. The number of amides is 1. The zero-order chi connectivity index (χ0) is 19.0. The van der Waals surface area contributed by atoms with Gasteiger partial charge >= 0.3 is 0 Å². The number of hydrogen-bond donors (Lipinski definition) is 0. The van der Waals surface area contributed by atoms with Crippen molar-refractivity contribution in [3.8, 4) is 10.6 Å². The van der Waals surface area contributed by atoms with E-state index in [-0.39, 0.29) is 5.91 Å². The van der Waals surface area contributed by atoms with Gasteiger partial charge < -0.3 is 4.74 Å². The summed E-state index contributed by atoms with van der Waals surface area (Å²) in [6.07, 6.45) is -0.641. The Morgan fingerprint density at radius 2 is 1.96 bits per heavy atom. The Bertz CT molecular complexity index is 1030. The number of carbonyl (C=O) groups is 1. The number of rotatable bonds is 3. The quantitative estimate of drug-likeness (QED) is 0.624. The Kier molecular flexibility index (Phi) is 4.68. The van der Waals surface area contributed by atoms with Crippen LogP contribution >= 0.6 is 22.9 Å². The maximum Gasteiger partial charge on any atom is 0.253 e. The van der Waals surface area contributed by atoms with Crippen molar-refractivity contribution in [2.24, 2.45) is 5.10 Å². The molecule has 1 aromatic heterocycles. The minimum Gasteiger partial charge on any atom is -0.445 e. The number of ether oxygens (including phenoxy) is 1. The van der Waals surface area contributed by atoms with Crippen molar-refractivity contribution in [3.05, 3.63) is 75.8 Å². The number of nitrogens with zero attached hydrogens (tertiary/aromatic N) is 3. The molecule has 0 fully saturated rings. The minimum absolute atomic E-state index is 0.208. The molecule has 1 atom stereocenters. The van der Waals surface area contributed by atoms with E-state index in [1.807, 2.05) is 49.4 Å².